The summed E-state index contributed by atoms with van der Waals surface area (Å²) >= 11 is 0. The predicted octanol–water partition coefficient (Wildman–Crippen LogP) is 3.84. The van der Waals surface area contributed by atoms with Crippen molar-refractivity contribution >= 4 is 43.2 Å². The van der Waals surface area contributed by atoms with Crippen LogP contribution < -0.4 is 15.6 Å². The van der Waals surface area contributed by atoms with Crippen molar-refractivity contribution in [3.63, 3.8) is 0 Å². The number of H-pyrrole nitrogens is 1. The van der Waals surface area contributed by atoms with E-state index in [4.69, 9.17) is 25.0 Å². The number of phosphoric ester groups is 1. The molecule has 1 saturated carbocycles. The first-order valence-electron chi connectivity index (χ1n) is 14.2. The van der Waals surface area contributed by atoms with E-state index in [9.17, 15) is 23.7 Å². The number of nitrogens with zero attached hydrogens (tertiary/aromatic N) is 2. The molecule has 1 heterocycles. The number of ether oxygens (including phenoxy) is 2. The summed E-state index contributed by atoms with van der Waals surface area (Å²) in [6, 6.07) is 9.43. The molecule has 0 spiro atoms. The fraction of sp³-hybridized carbons (Fsp3) is 0.300. The van der Waals surface area contributed by atoms with Gasteiger partial charge in [0.2, 0.25) is 6.79 Å². The van der Waals surface area contributed by atoms with Crippen LogP contribution in [0, 0.1) is 13.8 Å². The van der Waals surface area contributed by atoms with Gasteiger partial charge in [-0.2, -0.15) is 0 Å². The van der Waals surface area contributed by atoms with E-state index in [1.54, 1.807) is 25.1 Å². The molecule has 46 heavy (non-hydrogen) atoms. The van der Waals surface area contributed by atoms with Gasteiger partial charge in [0.05, 0.1) is 22.5 Å². The molecular formula is C30H34N5O10P. The van der Waals surface area contributed by atoms with Gasteiger partial charge in [-0.1, -0.05) is 13.0 Å². The maximum absolute atomic E-state index is 13.5. The average Bonchev–Trinajstić information content (AvgIpc) is 3.75. The maximum atomic E-state index is 13.5. The van der Waals surface area contributed by atoms with E-state index in [-0.39, 0.29) is 28.6 Å². The minimum atomic E-state index is -4.76. The van der Waals surface area contributed by atoms with E-state index in [2.05, 4.69) is 19.8 Å². The number of carbonyl (C=O) groups excluding carboxylic acids is 4. The van der Waals surface area contributed by atoms with Crippen molar-refractivity contribution in [2.75, 3.05) is 13.3 Å². The Hall–Kier alpha value is -4.98. The number of hydrogen-bond donors (Lipinski definition) is 5. The van der Waals surface area contributed by atoms with Crippen molar-refractivity contribution in [1.82, 2.24) is 15.2 Å². The SMILES string of the molecule is CCCNC(=O)c1ccc(C)c(N=C(N)c2[nH]cc(C(=O)N(C(=O)OCOC(=O)c3ccc(OP(=O)(O)O)cc3)C3CC3)c2C)c1. The molecule has 16 heteroatoms. The molecule has 3 aromatic rings. The first kappa shape index (κ1) is 33.9. The molecule has 0 saturated heterocycles. The van der Waals surface area contributed by atoms with Gasteiger partial charge in [-0.15, -0.1) is 0 Å². The number of phosphoric acid groups is 1. The third-order valence-corrected chi connectivity index (χ3v) is 7.34. The largest absolute Gasteiger partial charge is 0.524 e. The number of esters is 1. The number of amidine groups is 1. The molecule has 0 radical (unpaired) electrons. The standard InChI is InChI=1S/C30H34N5O10P/c1-4-13-32-27(36)20-6-5-17(2)24(14-20)34-26(31)25-18(3)23(15-33-25)28(37)35(21-9-10-21)30(39)44-16-43-29(38)19-7-11-22(12-8-19)45-46(40,41)42/h5-8,11-12,14-15,21,33H,4,9-10,13,16H2,1-3H3,(H2,31,34)(H,32,36)(H2,40,41,42). The summed E-state index contributed by atoms with van der Waals surface area (Å²) in [5.74, 6) is -1.85. The topological polar surface area (TPSA) is 223 Å². The second kappa shape index (κ2) is 14.4. The molecule has 244 valence electrons. The molecule has 1 aromatic heterocycles. The molecule has 2 aromatic carbocycles. The first-order chi connectivity index (χ1) is 21.8. The molecule has 4 rings (SSSR count). The number of aliphatic imine (C=N–C) groups is 1. The van der Waals surface area contributed by atoms with Crippen LogP contribution in [0.2, 0.25) is 0 Å². The van der Waals surface area contributed by atoms with Crippen LogP contribution in [0.3, 0.4) is 0 Å². The smallest absolute Gasteiger partial charge is 0.424 e. The number of aromatic amines is 1. The highest BCUT2D eigenvalue weighted by molar-refractivity contribution is 7.46. The Morgan fingerprint density at radius 1 is 1.07 bits per heavy atom. The van der Waals surface area contributed by atoms with Gasteiger partial charge < -0.3 is 30.0 Å². The van der Waals surface area contributed by atoms with E-state index >= 15 is 0 Å². The number of hydrogen-bond acceptors (Lipinski definition) is 9. The van der Waals surface area contributed by atoms with Gasteiger partial charge in [0.15, 0.2) is 0 Å². The third-order valence-electron chi connectivity index (χ3n) is 6.89. The highest BCUT2D eigenvalue weighted by Gasteiger charge is 2.40. The quantitative estimate of drug-likeness (QED) is 0.0620. The minimum absolute atomic E-state index is 0.000598. The number of aryl methyl sites for hydroxylation is 1. The Labute approximate surface area is 264 Å². The molecule has 0 atom stereocenters. The number of carbonyl (C=O) groups is 4. The Morgan fingerprint density at radius 3 is 2.37 bits per heavy atom. The van der Waals surface area contributed by atoms with Gasteiger partial charge in [-0.3, -0.25) is 19.4 Å². The van der Waals surface area contributed by atoms with Crippen LogP contribution in [0.25, 0.3) is 0 Å². The molecule has 15 nitrogen and oxygen atoms in total. The molecule has 6 N–H and O–H groups in total. The number of imide groups is 1. The molecular weight excluding hydrogens is 621 g/mol. The summed E-state index contributed by atoms with van der Waals surface area (Å²) < 4.78 is 25.4. The first-order valence-corrected chi connectivity index (χ1v) is 15.8. The van der Waals surface area contributed by atoms with Gasteiger partial charge in [-0.05, 0) is 80.6 Å². The predicted molar refractivity (Wildman–Crippen MR) is 165 cm³/mol. The Bertz CT molecular complexity index is 1710. The number of nitrogens with one attached hydrogen (secondary N) is 2. The van der Waals surface area contributed by atoms with Crippen LogP contribution in [0.15, 0.2) is 53.7 Å². The van der Waals surface area contributed by atoms with Crippen molar-refractivity contribution in [2.45, 2.75) is 46.1 Å². The lowest BCUT2D eigenvalue weighted by Gasteiger charge is -2.20. The average molecular weight is 656 g/mol. The zero-order valence-electron chi connectivity index (χ0n) is 25.3. The Balaban J connectivity index is 1.42. The molecule has 0 bridgehead atoms. The number of aromatic nitrogens is 1. The second-order valence-electron chi connectivity index (χ2n) is 10.4. The van der Waals surface area contributed by atoms with Crippen LogP contribution in [-0.2, 0) is 14.0 Å². The van der Waals surface area contributed by atoms with Gasteiger partial charge in [0.25, 0.3) is 11.8 Å². The summed E-state index contributed by atoms with van der Waals surface area (Å²) in [6.45, 7) is 5.18. The van der Waals surface area contributed by atoms with Gasteiger partial charge in [0.1, 0.15) is 11.6 Å². The van der Waals surface area contributed by atoms with Gasteiger partial charge in [0, 0.05) is 24.3 Å². The van der Waals surface area contributed by atoms with E-state index in [0.717, 1.165) is 29.0 Å². The van der Waals surface area contributed by atoms with Crippen molar-refractivity contribution in [3.8, 4) is 5.75 Å². The van der Waals surface area contributed by atoms with Crippen molar-refractivity contribution in [1.29, 1.82) is 0 Å². The number of nitrogens with two attached hydrogens (primary N) is 1. The fourth-order valence-corrected chi connectivity index (χ4v) is 4.71. The summed E-state index contributed by atoms with van der Waals surface area (Å²) in [7, 11) is -4.76. The van der Waals surface area contributed by atoms with Crippen molar-refractivity contribution in [3.05, 3.63) is 82.2 Å². The van der Waals surface area contributed by atoms with Crippen LogP contribution >= 0.6 is 7.82 Å². The highest BCUT2D eigenvalue weighted by Crippen LogP contribution is 2.37. The van der Waals surface area contributed by atoms with Crippen molar-refractivity contribution < 1.29 is 47.5 Å². The van der Waals surface area contributed by atoms with Crippen LogP contribution in [0.5, 0.6) is 5.75 Å². The highest BCUT2D eigenvalue weighted by atomic mass is 31.2. The number of rotatable bonds is 12. The Kier molecular flexibility index (Phi) is 10.6. The fourth-order valence-electron chi connectivity index (χ4n) is 4.32. The monoisotopic (exact) mass is 655 g/mol. The second-order valence-corrected chi connectivity index (χ2v) is 11.6. The lowest BCUT2D eigenvalue weighted by Crippen LogP contribution is -2.39. The zero-order valence-corrected chi connectivity index (χ0v) is 26.2. The maximum Gasteiger partial charge on any atom is 0.524 e. The van der Waals surface area contributed by atoms with E-state index in [0.29, 0.717) is 41.9 Å². The molecule has 1 fully saturated rings. The Morgan fingerprint density at radius 2 is 1.74 bits per heavy atom. The molecule has 0 unspecified atom stereocenters. The molecule has 3 amide bonds. The zero-order chi connectivity index (χ0) is 33.6. The lowest BCUT2D eigenvalue weighted by molar-refractivity contribution is -0.0110. The van der Waals surface area contributed by atoms with Crippen LogP contribution in [0.4, 0.5) is 10.5 Å². The summed E-state index contributed by atoms with van der Waals surface area (Å²) in [5, 5.41) is 2.82. The van der Waals surface area contributed by atoms with Crippen molar-refractivity contribution in [2.24, 2.45) is 10.7 Å². The summed E-state index contributed by atoms with van der Waals surface area (Å²) in [5.41, 5.74) is 8.97. The molecule has 1 aliphatic carbocycles. The van der Waals surface area contributed by atoms with Gasteiger partial charge in [-0.25, -0.2) is 24.0 Å². The van der Waals surface area contributed by atoms with Gasteiger partial charge >= 0.3 is 19.9 Å². The normalized spacial score (nSPS) is 13.1. The third kappa shape index (κ3) is 8.59. The lowest BCUT2D eigenvalue weighted by atomic mass is 10.1. The minimum Gasteiger partial charge on any atom is -0.424 e. The van der Waals surface area contributed by atoms with E-state index < -0.39 is 38.6 Å². The summed E-state index contributed by atoms with van der Waals surface area (Å²) in [4.78, 5) is 77.3. The van der Waals surface area contributed by atoms with E-state index in [1.807, 2.05) is 13.8 Å². The number of amides is 3. The van der Waals surface area contributed by atoms with Crippen LogP contribution in [0.1, 0.15) is 74.1 Å². The van der Waals surface area contributed by atoms with E-state index in [1.165, 1.54) is 18.3 Å². The summed E-state index contributed by atoms with van der Waals surface area (Å²) in [6.07, 6.45) is 2.35. The number of benzene rings is 2. The molecule has 1 aliphatic rings. The van der Waals surface area contributed by atoms with Crippen LogP contribution in [-0.4, -0.2) is 68.8 Å². The molecule has 0 aliphatic heterocycles.